The molecule has 2 heterocycles. The van der Waals surface area contributed by atoms with E-state index in [4.69, 9.17) is 8.83 Å². The third kappa shape index (κ3) is 4.17. The third-order valence-electron chi connectivity index (χ3n) is 5.15. The van der Waals surface area contributed by atoms with Crippen molar-refractivity contribution in [1.29, 1.82) is 0 Å². The number of hydrogen-bond donors (Lipinski definition) is 1. The van der Waals surface area contributed by atoms with Gasteiger partial charge in [0, 0.05) is 16.8 Å². The molecule has 0 saturated heterocycles. The second-order valence-corrected chi connectivity index (χ2v) is 8.00. The fourth-order valence-electron chi connectivity index (χ4n) is 3.32. The van der Waals surface area contributed by atoms with Crippen molar-refractivity contribution in [1.82, 2.24) is 5.32 Å². The van der Waals surface area contributed by atoms with Crippen LogP contribution in [0.1, 0.15) is 28.9 Å². The lowest BCUT2D eigenvalue weighted by molar-refractivity contribution is -0.308. The van der Waals surface area contributed by atoms with Crippen LogP contribution in [0.4, 0.5) is 0 Å². The number of fused-ring (bicyclic) bond motifs is 2. The Bertz CT molecular complexity index is 1160. The van der Waals surface area contributed by atoms with E-state index in [9.17, 15) is 19.5 Å². The molecule has 1 N–H and O–H groups in total. The minimum atomic E-state index is -1.34. The van der Waals surface area contributed by atoms with Gasteiger partial charge in [0.25, 0.3) is 0 Å². The summed E-state index contributed by atoms with van der Waals surface area (Å²) < 4.78 is 11.1. The Hall–Kier alpha value is -2.74. The summed E-state index contributed by atoms with van der Waals surface area (Å²) >= 11 is 1.47. The van der Waals surface area contributed by atoms with E-state index in [2.05, 4.69) is 5.32 Å². The van der Waals surface area contributed by atoms with E-state index >= 15 is 0 Å². The Kier molecular flexibility index (Phi) is 6.02. The van der Waals surface area contributed by atoms with Crippen LogP contribution in [0, 0.1) is 20.8 Å². The van der Waals surface area contributed by atoms with Gasteiger partial charge >= 0.3 is 5.63 Å². The number of carbonyl (C=O) groups excluding carboxylic acids is 2. The van der Waals surface area contributed by atoms with Gasteiger partial charge < -0.3 is 24.1 Å². The molecular weight excluding hydrogens is 394 g/mol. The lowest BCUT2D eigenvalue weighted by Crippen LogP contribution is -2.48. The summed E-state index contributed by atoms with van der Waals surface area (Å²) in [5.41, 5.74) is 2.21. The van der Waals surface area contributed by atoms with Crippen LogP contribution in [0.25, 0.3) is 21.9 Å². The zero-order chi connectivity index (χ0) is 21.3. The Morgan fingerprint density at radius 2 is 1.76 bits per heavy atom. The van der Waals surface area contributed by atoms with E-state index in [1.165, 1.54) is 11.8 Å². The summed E-state index contributed by atoms with van der Waals surface area (Å²) in [5.74, 6) is -0.557. The molecule has 1 aromatic carbocycles. The first-order chi connectivity index (χ1) is 13.7. The van der Waals surface area contributed by atoms with E-state index in [1.807, 2.05) is 26.2 Å². The van der Waals surface area contributed by atoms with Crippen molar-refractivity contribution in [2.75, 3.05) is 12.0 Å². The Balaban J connectivity index is 1.95. The van der Waals surface area contributed by atoms with Gasteiger partial charge in [-0.25, -0.2) is 4.79 Å². The van der Waals surface area contributed by atoms with Crippen molar-refractivity contribution in [2.24, 2.45) is 0 Å². The molecule has 0 bridgehead atoms. The summed E-state index contributed by atoms with van der Waals surface area (Å²) in [6, 6.07) is 2.47. The minimum absolute atomic E-state index is 0.203. The van der Waals surface area contributed by atoms with Gasteiger partial charge in [0.15, 0.2) is 0 Å². The van der Waals surface area contributed by atoms with Crippen LogP contribution < -0.4 is 16.0 Å². The monoisotopic (exact) mass is 416 g/mol. The van der Waals surface area contributed by atoms with Gasteiger partial charge in [0.2, 0.25) is 5.91 Å². The van der Waals surface area contributed by atoms with Crippen LogP contribution in [0.5, 0.6) is 0 Å². The average Bonchev–Trinajstić information content (AvgIpc) is 2.94. The molecule has 29 heavy (non-hydrogen) atoms. The zero-order valence-electron chi connectivity index (χ0n) is 16.7. The third-order valence-corrected chi connectivity index (χ3v) is 5.79. The molecule has 0 aliphatic heterocycles. The molecule has 0 aliphatic rings. The van der Waals surface area contributed by atoms with Crippen LogP contribution in [0.3, 0.4) is 0 Å². The molecule has 8 heteroatoms. The van der Waals surface area contributed by atoms with Gasteiger partial charge in [-0.2, -0.15) is 11.8 Å². The zero-order valence-corrected chi connectivity index (χ0v) is 17.5. The SMILES string of the molecule is CSCC[C@@H](NC(=O)Cc1c(C)c2cc3c(C)c(C)oc3cc2oc1=O)C(=O)[O-]. The topological polar surface area (TPSA) is 113 Å². The first-order valence-corrected chi connectivity index (χ1v) is 10.6. The summed E-state index contributed by atoms with van der Waals surface area (Å²) in [6.45, 7) is 5.56. The fraction of sp³-hybridized carbons (Fsp3) is 0.381. The highest BCUT2D eigenvalue weighted by molar-refractivity contribution is 7.98. The average molecular weight is 416 g/mol. The number of nitrogens with one attached hydrogen (secondary N) is 1. The summed E-state index contributed by atoms with van der Waals surface area (Å²) in [6.07, 6.45) is 1.82. The molecule has 154 valence electrons. The van der Waals surface area contributed by atoms with Crippen molar-refractivity contribution in [3.8, 4) is 0 Å². The molecule has 7 nitrogen and oxygen atoms in total. The number of amides is 1. The number of aryl methyl sites for hydroxylation is 3. The van der Waals surface area contributed by atoms with Crippen LogP contribution in [0.15, 0.2) is 25.8 Å². The number of aliphatic carboxylic acids is 1. The molecule has 3 rings (SSSR count). The van der Waals surface area contributed by atoms with E-state index in [0.29, 0.717) is 27.9 Å². The predicted molar refractivity (Wildman–Crippen MR) is 110 cm³/mol. The number of hydrogen-bond acceptors (Lipinski definition) is 7. The molecule has 0 radical (unpaired) electrons. The number of benzene rings is 1. The molecule has 1 amide bonds. The van der Waals surface area contributed by atoms with Gasteiger partial charge in [-0.05, 0) is 56.4 Å². The lowest BCUT2D eigenvalue weighted by atomic mass is 10.0. The first-order valence-electron chi connectivity index (χ1n) is 9.18. The number of furan rings is 1. The number of carboxylic acids is 1. The van der Waals surface area contributed by atoms with Crippen LogP contribution in [-0.2, 0) is 16.0 Å². The molecule has 1 atom stereocenters. The molecule has 0 aliphatic carbocycles. The Morgan fingerprint density at radius 1 is 1.10 bits per heavy atom. The van der Waals surface area contributed by atoms with Crippen molar-refractivity contribution in [3.05, 3.63) is 45.0 Å². The Morgan fingerprint density at radius 3 is 2.41 bits per heavy atom. The van der Waals surface area contributed by atoms with E-state index < -0.39 is 23.5 Å². The van der Waals surface area contributed by atoms with Crippen molar-refractivity contribution < 1.29 is 23.5 Å². The normalized spacial score (nSPS) is 12.4. The highest BCUT2D eigenvalue weighted by Gasteiger charge is 2.19. The molecular formula is C21H22NO6S-. The van der Waals surface area contributed by atoms with E-state index in [1.54, 1.807) is 13.0 Å². The number of rotatable bonds is 7. The highest BCUT2D eigenvalue weighted by atomic mass is 32.2. The summed E-state index contributed by atoms with van der Waals surface area (Å²) in [7, 11) is 0. The van der Waals surface area contributed by atoms with Gasteiger partial charge in [0.1, 0.15) is 16.9 Å². The number of carbonyl (C=O) groups is 2. The molecule has 2 aromatic heterocycles. The molecule has 0 unspecified atom stereocenters. The maximum Gasteiger partial charge on any atom is 0.340 e. The number of thioether (sulfide) groups is 1. The maximum absolute atomic E-state index is 12.5. The minimum Gasteiger partial charge on any atom is -0.548 e. The van der Waals surface area contributed by atoms with Crippen LogP contribution in [-0.4, -0.2) is 29.9 Å². The van der Waals surface area contributed by atoms with Crippen molar-refractivity contribution >= 4 is 45.6 Å². The van der Waals surface area contributed by atoms with Gasteiger partial charge in [-0.1, -0.05) is 0 Å². The van der Waals surface area contributed by atoms with Crippen LogP contribution in [0.2, 0.25) is 0 Å². The maximum atomic E-state index is 12.5. The smallest absolute Gasteiger partial charge is 0.340 e. The van der Waals surface area contributed by atoms with Crippen molar-refractivity contribution in [3.63, 3.8) is 0 Å². The molecule has 3 aromatic rings. The second-order valence-electron chi connectivity index (χ2n) is 7.02. The lowest BCUT2D eigenvalue weighted by Gasteiger charge is -2.19. The predicted octanol–water partition coefficient (Wildman–Crippen LogP) is 1.99. The van der Waals surface area contributed by atoms with E-state index in [-0.39, 0.29) is 18.4 Å². The van der Waals surface area contributed by atoms with Gasteiger partial charge in [-0.15, -0.1) is 0 Å². The van der Waals surface area contributed by atoms with Gasteiger partial charge in [-0.3, -0.25) is 4.79 Å². The van der Waals surface area contributed by atoms with Crippen molar-refractivity contribution in [2.45, 2.75) is 39.7 Å². The van der Waals surface area contributed by atoms with E-state index in [0.717, 1.165) is 16.7 Å². The Labute approximate surface area is 171 Å². The second kappa shape index (κ2) is 8.32. The first kappa shape index (κ1) is 21.0. The summed E-state index contributed by atoms with van der Waals surface area (Å²) in [4.78, 5) is 36.1. The molecule has 0 spiro atoms. The number of carboxylic acid groups (broad SMARTS) is 1. The molecule has 0 fully saturated rings. The summed E-state index contributed by atoms with van der Waals surface area (Å²) in [5, 5.41) is 15.3. The fourth-order valence-corrected chi connectivity index (χ4v) is 3.79. The largest absolute Gasteiger partial charge is 0.548 e. The highest BCUT2D eigenvalue weighted by Crippen LogP contribution is 2.30. The molecule has 0 saturated carbocycles. The van der Waals surface area contributed by atoms with Gasteiger partial charge in [0.05, 0.1) is 24.0 Å². The quantitative estimate of drug-likeness (QED) is 0.586. The van der Waals surface area contributed by atoms with Crippen LogP contribution >= 0.6 is 11.8 Å². The standard InChI is InChI=1S/C21H23NO6S/c1-10-12(3)27-17-9-18-14(7-13(10)17)11(2)15(21(26)28-18)8-19(23)22-16(20(24)25)5-6-29-4/h7,9,16H,5-6,8H2,1-4H3,(H,22,23)(H,24,25)/p-1/t16-/m1/s1.